The summed E-state index contributed by atoms with van der Waals surface area (Å²) in [6.45, 7) is 1.93. The molecule has 4 heteroatoms. The van der Waals surface area contributed by atoms with Crippen LogP contribution in [-0.2, 0) is 10.2 Å². The minimum Gasteiger partial charge on any atom is -0.496 e. The van der Waals surface area contributed by atoms with Gasteiger partial charge in [0.1, 0.15) is 11.5 Å². The number of ether oxygens (including phenoxy) is 2. The van der Waals surface area contributed by atoms with Crippen molar-refractivity contribution in [3.05, 3.63) is 23.3 Å². The van der Waals surface area contributed by atoms with Gasteiger partial charge in [0, 0.05) is 0 Å². The predicted molar refractivity (Wildman–Crippen MR) is 76.7 cm³/mol. The highest BCUT2D eigenvalue weighted by atomic mass is 16.5. The average molecular weight is 278 g/mol. The molecule has 0 aliphatic heterocycles. The summed E-state index contributed by atoms with van der Waals surface area (Å²) >= 11 is 0. The lowest BCUT2D eigenvalue weighted by Crippen LogP contribution is -2.38. The molecule has 0 amide bonds. The molecule has 1 aliphatic carbocycles. The smallest absolute Gasteiger partial charge is 0.314 e. The number of aryl methyl sites for hydroxylation is 1. The Morgan fingerprint density at radius 2 is 1.80 bits per heavy atom. The summed E-state index contributed by atoms with van der Waals surface area (Å²) in [6.07, 6.45) is 4.21. The van der Waals surface area contributed by atoms with Crippen LogP contribution in [0.2, 0.25) is 0 Å². The summed E-state index contributed by atoms with van der Waals surface area (Å²) in [5, 5.41) is 9.86. The van der Waals surface area contributed by atoms with Crippen molar-refractivity contribution >= 4 is 5.97 Å². The molecule has 1 saturated carbocycles. The van der Waals surface area contributed by atoms with Gasteiger partial charge < -0.3 is 14.6 Å². The molecule has 0 saturated heterocycles. The Hall–Kier alpha value is -1.71. The second kappa shape index (κ2) is 5.73. The SMILES string of the molecule is COc1ccc(C)c(OC)c1C1(C(=O)O)CCCCC1. The average Bonchev–Trinajstić information content (AvgIpc) is 2.47. The van der Waals surface area contributed by atoms with E-state index < -0.39 is 11.4 Å². The van der Waals surface area contributed by atoms with Gasteiger partial charge in [-0.25, -0.2) is 0 Å². The first-order valence-electron chi connectivity index (χ1n) is 7.02. The molecule has 0 unspecified atom stereocenters. The summed E-state index contributed by atoms with van der Waals surface area (Å²) in [5.74, 6) is 0.477. The number of hydrogen-bond acceptors (Lipinski definition) is 3. The van der Waals surface area contributed by atoms with Crippen LogP contribution < -0.4 is 9.47 Å². The van der Waals surface area contributed by atoms with Crippen LogP contribution in [-0.4, -0.2) is 25.3 Å². The molecule has 1 aromatic rings. The Bertz CT molecular complexity index is 501. The van der Waals surface area contributed by atoms with Gasteiger partial charge >= 0.3 is 5.97 Å². The first-order valence-corrected chi connectivity index (χ1v) is 7.02. The largest absolute Gasteiger partial charge is 0.496 e. The van der Waals surface area contributed by atoms with Gasteiger partial charge in [-0.05, 0) is 31.4 Å². The maximum absolute atomic E-state index is 12.0. The molecule has 0 aromatic heterocycles. The highest BCUT2D eigenvalue weighted by molar-refractivity contribution is 5.84. The van der Waals surface area contributed by atoms with E-state index in [1.54, 1.807) is 14.2 Å². The zero-order valence-electron chi connectivity index (χ0n) is 12.4. The van der Waals surface area contributed by atoms with Crippen LogP contribution in [0.25, 0.3) is 0 Å². The fourth-order valence-corrected chi connectivity index (χ4v) is 3.28. The first-order chi connectivity index (χ1) is 9.56. The van der Waals surface area contributed by atoms with Crippen LogP contribution >= 0.6 is 0 Å². The number of rotatable bonds is 4. The number of carboxylic acid groups (broad SMARTS) is 1. The molecule has 2 rings (SSSR count). The maximum Gasteiger partial charge on any atom is 0.314 e. The van der Waals surface area contributed by atoms with E-state index in [1.165, 1.54) is 0 Å². The van der Waals surface area contributed by atoms with Gasteiger partial charge in [-0.3, -0.25) is 4.79 Å². The van der Waals surface area contributed by atoms with Gasteiger partial charge in [-0.1, -0.05) is 25.3 Å². The normalized spacial score (nSPS) is 17.6. The van der Waals surface area contributed by atoms with E-state index >= 15 is 0 Å². The third-order valence-electron chi connectivity index (χ3n) is 4.34. The molecular weight excluding hydrogens is 256 g/mol. The molecule has 0 heterocycles. The lowest BCUT2D eigenvalue weighted by atomic mass is 9.68. The van der Waals surface area contributed by atoms with Crippen LogP contribution in [0.3, 0.4) is 0 Å². The van der Waals surface area contributed by atoms with E-state index in [0.29, 0.717) is 29.9 Å². The fraction of sp³-hybridized carbons (Fsp3) is 0.562. The van der Waals surface area contributed by atoms with Gasteiger partial charge in [-0.2, -0.15) is 0 Å². The second-order valence-corrected chi connectivity index (χ2v) is 5.44. The lowest BCUT2D eigenvalue weighted by molar-refractivity contribution is -0.145. The van der Waals surface area contributed by atoms with Gasteiger partial charge in [0.15, 0.2) is 0 Å². The monoisotopic (exact) mass is 278 g/mol. The highest BCUT2D eigenvalue weighted by Crippen LogP contribution is 2.48. The van der Waals surface area contributed by atoms with Gasteiger partial charge in [0.05, 0.1) is 25.2 Å². The van der Waals surface area contributed by atoms with Crippen LogP contribution in [0.4, 0.5) is 0 Å². The van der Waals surface area contributed by atoms with E-state index in [1.807, 2.05) is 19.1 Å². The zero-order chi connectivity index (χ0) is 14.8. The highest BCUT2D eigenvalue weighted by Gasteiger charge is 2.45. The van der Waals surface area contributed by atoms with E-state index in [-0.39, 0.29) is 0 Å². The molecule has 0 spiro atoms. The number of benzene rings is 1. The van der Waals surface area contributed by atoms with Gasteiger partial charge in [0.2, 0.25) is 0 Å². The van der Waals surface area contributed by atoms with E-state index in [0.717, 1.165) is 24.8 Å². The Labute approximate surface area is 119 Å². The van der Waals surface area contributed by atoms with E-state index in [4.69, 9.17) is 9.47 Å². The molecule has 0 atom stereocenters. The molecule has 4 nitrogen and oxygen atoms in total. The Morgan fingerprint density at radius 3 is 2.30 bits per heavy atom. The molecule has 1 aliphatic rings. The second-order valence-electron chi connectivity index (χ2n) is 5.44. The van der Waals surface area contributed by atoms with E-state index in [2.05, 4.69) is 0 Å². The van der Waals surface area contributed by atoms with Crippen LogP contribution in [0, 0.1) is 6.92 Å². The van der Waals surface area contributed by atoms with Crippen molar-refractivity contribution in [2.24, 2.45) is 0 Å². The van der Waals surface area contributed by atoms with Crippen molar-refractivity contribution in [1.29, 1.82) is 0 Å². The minimum absolute atomic E-state index is 0.608. The van der Waals surface area contributed by atoms with Crippen molar-refractivity contribution in [2.45, 2.75) is 44.4 Å². The molecular formula is C16H22O4. The molecule has 0 radical (unpaired) electrons. The summed E-state index contributed by atoms with van der Waals surface area (Å²) < 4.78 is 10.9. The van der Waals surface area contributed by atoms with Crippen molar-refractivity contribution < 1.29 is 19.4 Å². The number of carbonyl (C=O) groups is 1. The standard InChI is InChI=1S/C16H22O4/c1-11-7-8-12(19-2)13(14(11)20-3)16(15(17)18)9-5-4-6-10-16/h7-8H,4-6,9-10H2,1-3H3,(H,17,18). The van der Waals surface area contributed by atoms with Crippen LogP contribution in [0.15, 0.2) is 12.1 Å². The van der Waals surface area contributed by atoms with Gasteiger partial charge in [0.25, 0.3) is 0 Å². The van der Waals surface area contributed by atoms with E-state index in [9.17, 15) is 9.90 Å². The third kappa shape index (κ3) is 2.23. The molecule has 20 heavy (non-hydrogen) atoms. The van der Waals surface area contributed by atoms with Gasteiger partial charge in [-0.15, -0.1) is 0 Å². The van der Waals surface area contributed by atoms with Crippen molar-refractivity contribution in [3.8, 4) is 11.5 Å². The Kier molecular flexibility index (Phi) is 4.21. The molecule has 1 aromatic carbocycles. The fourth-order valence-electron chi connectivity index (χ4n) is 3.28. The molecule has 0 bridgehead atoms. The van der Waals surface area contributed by atoms with Crippen molar-refractivity contribution in [1.82, 2.24) is 0 Å². The third-order valence-corrected chi connectivity index (χ3v) is 4.34. The molecule has 1 N–H and O–H groups in total. The summed E-state index contributed by atoms with van der Waals surface area (Å²) in [6, 6.07) is 3.74. The minimum atomic E-state index is -0.888. The van der Waals surface area contributed by atoms with Crippen molar-refractivity contribution in [3.63, 3.8) is 0 Å². The summed E-state index contributed by atoms with van der Waals surface area (Å²) in [5.41, 5.74) is 0.755. The maximum atomic E-state index is 12.0. The number of hydrogen-bond donors (Lipinski definition) is 1. The van der Waals surface area contributed by atoms with Crippen LogP contribution in [0.1, 0.15) is 43.2 Å². The topological polar surface area (TPSA) is 55.8 Å². The Balaban J connectivity index is 2.69. The number of carboxylic acids is 1. The Morgan fingerprint density at radius 1 is 1.15 bits per heavy atom. The van der Waals surface area contributed by atoms with Crippen molar-refractivity contribution in [2.75, 3.05) is 14.2 Å². The summed E-state index contributed by atoms with van der Waals surface area (Å²) in [4.78, 5) is 12.0. The first kappa shape index (κ1) is 14.7. The summed E-state index contributed by atoms with van der Waals surface area (Å²) in [7, 11) is 3.16. The molecule has 1 fully saturated rings. The quantitative estimate of drug-likeness (QED) is 0.918. The zero-order valence-corrected chi connectivity index (χ0v) is 12.4. The van der Waals surface area contributed by atoms with Crippen LogP contribution in [0.5, 0.6) is 11.5 Å². The molecule has 110 valence electrons. The number of methoxy groups -OCH3 is 2. The lowest BCUT2D eigenvalue weighted by Gasteiger charge is -2.35. The number of aliphatic carboxylic acids is 1. The predicted octanol–water partition coefficient (Wildman–Crippen LogP) is 3.30.